The molecule has 1 N–H and O–H groups in total. The molecule has 2 aromatic rings. The predicted molar refractivity (Wildman–Crippen MR) is 121 cm³/mol. The maximum absolute atomic E-state index is 13.3. The largest absolute Gasteiger partial charge is 0.350 e. The van der Waals surface area contributed by atoms with Gasteiger partial charge in [-0.05, 0) is 62.6 Å². The summed E-state index contributed by atoms with van der Waals surface area (Å²) in [7, 11) is 0. The number of benzene rings is 2. The molecule has 31 heavy (non-hydrogen) atoms. The SMILES string of the molecule is CC[C@@H](C(=O)NC(C)(C)C)N(Cc1ccc(F)cc1)C(=O)CSCc1ccc(F)cc1. The van der Waals surface area contributed by atoms with E-state index in [0.29, 0.717) is 12.2 Å². The number of hydrogen-bond acceptors (Lipinski definition) is 3. The van der Waals surface area contributed by atoms with Crippen LogP contribution in [0, 0.1) is 11.6 Å². The van der Waals surface area contributed by atoms with Gasteiger partial charge < -0.3 is 10.2 Å². The first kappa shape index (κ1) is 24.9. The Kier molecular flexibility index (Phi) is 9.04. The molecular weight excluding hydrogens is 418 g/mol. The molecule has 2 amide bonds. The Bertz CT molecular complexity index is 865. The highest BCUT2D eigenvalue weighted by atomic mass is 32.2. The Morgan fingerprint density at radius 1 is 0.968 bits per heavy atom. The molecule has 0 radical (unpaired) electrons. The second-order valence-corrected chi connectivity index (χ2v) is 9.42. The Hall–Kier alpha value is -2.41. The summed E-state index contributed by atoms with van der Waals surface area (Å²) in [4.78, 5) is 27.6. The second-order valence-electron chi connectivity index (χ2n) is 8.43. The van der Waals surface area contributed by atoms with Crippen LogP contribution in [0.25, 0.3) is 0 Å². The van der Waals surface area contributed by atoms with Gasteiger partial charge in [-0.25, -0.2) is 8.78 Å². The average molecular weight is 449 g/mol. The number of nitrogens with zero attached hydrogens (tertiary/aromatic N) is 1. The summed E-state index contributed by atoms with van der Waals surface area (Å²) >= 11 is 1.41. The normalized spacial score (nSPS) is 12.3. The highest BCUT2D eigenvalue weighted by Crippen LogP contribution is 2.18. The molecule has 7 heteroatoms. The molecule has 0 fully saturated rings. The van der Waals surface area contributed by atoms with Crippen LogP contribution in [0.2, 0.25) is 0 Å². The van der Waals surface area contributed by atoms with Crippen LogP contribution in [-0.4, -0.2) is 34.0 Å². The first-order valence-corrected chi connectivity index (χ1v) is 11.4. The second kappa shape index (κ2) is 11.3. The zero-order valence-corrected chi connectivity index (χ0v) is 19.3. The van der Waals surface area contributed by atoms with Crippen LogP contribution >= 0.6 is 11.8 Å². The minimum atomic E-state index is -0.636. The molecule has 0 saturated heterocycles. The van der Waals surface area contributed by atoms with Gasteiger partial charge in [0.1, 0.15) is 17.7 Å². The fourth-order valence-corrected chi connectivity index (χ4v) is 3.95. The van der Waals surface area contributed by atoms with E-state index in [4.69, 9.17) is 0 Å². The zero-order chi connectivity index (χ0) is 23.0. The van der Waals surface area contributed by atoms with Crippen molar-refractivity contribution < 1.29 is 18.4 Å². The minimum Gasteiger partial charge on any atom is -0.350 e. The fraction of sp³-hybridized carbons (Fsp3) is 0.417. The Balaban J connectivity index is 2.14. The van der Waals surface area contributed by atoms with Crippen LogP contribution in [0.3, 0.4) is 0 Å². The maximum Gasteiger partial charge on any atom is 0.243 e. The van der Waals surface area contributed by atoms with Gasteiger partial charge >= 0.3 is 0 Å². The topological polar surface area (TPSA) is 49.4 Å². The quantitative estimate of drug-likeness (QED) is 0.592. The molecule has 2 rings (SSSR count). The van der Waals surface area contributed by atoms with Crippen LogP contribution in [-0.2, 0) is 21.9 Å². The van der Waals surface area contributed by atoms with Gasteiger partial charge in [0.2, 0.25) is 11.8 Å². The van der Waals surface area contributed by atoms with E-state index in [1.165, 1.54) is 36.0 Å². The molecule has 0 heterocycles. The summed E-state index contributed by atoms with van der Waals surface area (Å²) in [6.45, 7) is 7.75. The first-order valence-electron chi connectivity index (χ1n) is 10.3. The van der Waals surface area contributed by atoms with Gasteiger partial charge in [-0.15, -0.1) is 11.8 Å². The molecule has 0 unspecified atom stereocenters. The van der Waals surface area contributed by atoms with E-state index in [0.717, 1.165) is 11.1 Å². The number of thioether (sulfide) groups is 1. The van der Waals surface area contributed by atoms with Crippen LogP contribution in [0.4, 0.5) is 8.78 Å². The third-order valence-electron chi connectivity index (χ3n) is 4.56. The van der Waals surface area contributed by atoms with E-state index in [1.54, 1.807) is 29.2 Å². The molecule has 168 valence electrons. The molecular formula is C24H30F2N2O2S. The summed E-state index contributed by atoms with van der Waals surface area (Å²) in [5.74, 6) is -0.305. The third kappa shape index (κ3) is 8.32. The molecule has 0 spiro atoms. The van der Waals surface area contributed by atoms with E-state index in [1.807, 2.05) is 27.7 Å². The van der Waals surface area contributed by atoms with E-state index >= 15 is 0 Å². The molecule has 4 nitrogen and oxygen atoms in total. The van der Waals surface area contributed by atoms with E-state index in [9.17, 15) is 18.4 Å². The van der Waals surface area contributed by atoms with Crippen molar-refractivity contribution in [3.05, 3.63) is 71.3 Å². The lowest BCUT2D eigenvalue weighted by atomic mass is 10.1. The number of halogens is 2. The highest BCUT2D eigenvalue weighted by molar-refractivity contribution is 7.99. The van der Waals surface area contributed by atoms with Gasteiger partial charge in [0, 0.05) is 17.8 Å². The molecule has 0 aromatic heterocycles. The zero-order valence-electron chi connectivity index (χ0n) is 18.5. The number of amides is 2. The van der Waals surface area contributed by atoms with Crippen molar-refractivity contribution in [3.8, 4) is 0 Å². The average Bonchev–Trinajstić information content (AvgIpc) is 2.69. The van der Waals surface area contributed by atoms with Crippen LogP contribution in [0.15, 0.2) is 48.5 Å². The molecule has 0 saturated carbocycles. The monoisotopic (exact) mass is 448 g/mol. The lowest BCUT2D eigenvalue weighted by Crippen LogP contribution is -2.53. The number of rotatable bonds is 9. The van der Waals surface area contributed by atoms with Gasteiger partial charge in [-0.2, -0.15) is 0 Å². The highest BCUT2D eigenvalue weighted by Gasteiger charge is 2.30. The Morgan fingerprint density at radius 3 is 1.97 bits per heavy atom. The van der Waals surface area contributed by atoms with Crippen molar-refractivity contribution in [1.82, 2.24) is 10.2 Å². The van der Waals surface area contributed by atoms with Gasteiger partial charge in [0.25, 0.3) is 0 Å². The summed E-state index contributed by atoms with van der Waals surface area (Å²) in [6.07, 6.45) is 0.456. The molecule has 0 aliphatic heterocycles. The number of hydrogen-bond donors (Lipinski definition) is 1. The smallest absolute Gasteiger partial charge is 0.243 e. The van der Waals surface area contributed by atoms with Crippen molar-refractivity contribution in [1.29, 1.82) is 0 Å². The molecule has 1 atom stereocenters. The number of nitrogens with one attached hydrogen (secondary N) is 1. The van der Waals surface area contributed by atoms with Crippen molar-refractivity contribution in [3.63, 3.8) is 0 Å². The summed E-state index contributed by atoms with van der Waals surface area (Å²) < 4.78 is 26.4. The van der Waals surface area contributed by atoms with Gasteiger partial charge in [-0.3, -0.25) is 9.59 Å². The standard InChI is InChI=1S/C24H30F2N2O2S/c1-5-21(23(30)27-24(2,3)4)28(14-17-6-10-19(25)11-7-17)22(29)16-31-15-18-8-12-20(26)13-9-18/h6-13,21H,5,14-16H2,1-4H3,(H,27,30)/t21-/m0/s1. The molecule has 0 aliphatic carbocycles. The summed E-state index contributed by atoms with van der Waals surface area (Å²) in [5.41, 5.74) is 1.24. The Morgan fingerprint density at radius 2 is 1.48 bits per heavy atom. The fourth-order valence-electron chi connectivity index (χ4n) is 3.08. The molecule has 2 aromatic carbocycles. The van der Waals surface area contributed by atoms with Crippen molar-refractivity contribution >= 4 is 23.6 Å². The summed E-state index contributed by atoms with van der Waals surface area (Å²) in [6, 6.07) is 11.5. The van der Waals surface area contributed by atoms with Gasteiger partial charge in [0.05, 0.1) is 5.75 Å². The van der Waals surface area contributed by atoms with E-state index in [2.05, 4.69) is 5.32 Å². The molecule has 0 aliphatic rings. The van der Waals surface area contributed by atoms with Crippen LogP contribution in [0.5, 0.6) is 0 Å². The van der Waals surface area contributed by atoms with E-state index in [-0.39, 0.29) is 35.7 Å². The van der Waals surface area contributed by atoms with Crippen molar-refractivity contribution in [2.24, 2.45) is 0 Å². The Labute approximate surface area is 187 Å². The third-order valence-corrected chi connectivity index (χ3v) is 5.55. The predicted octanol–water partition coefficient (Wildman–Crippen LogP) is 4.92. The molecule has 0 bridgehead atoms. The van der Waals surface area contributed by atoms with Crippen molar-refractivity contribution in [2.45, 2.75) is 58.0 Å². The first-order chi connectivity index (χ1) is 14.6. The van der Waals surface area contributed by atoms with E-state index < -0.39 is 11.6 Å². The lowest BCUT2D eigenvalue weighted by Gasteiger charge is -2.33. The minimum absolute atomic E-state index is 0.174. The van der Waals surface area contributed by atoms with Crippen LogP contribution in [0.1, 0.15) is 45.2 Å². The van der Waals surface area contributed by atoms with Gasteiger partial charge in [-0.1, -0.05) is 31.2 Å². The van der Waals surface area contributed by atoms with Crippen molar-refractivity contribution in [2.75, 3.05) is 5.75 Å². The number of carbonyl (C=O) groups is 2. The number of carbonyl (C=O) groups excluding carboxylic acids is 2. The lowest BCUT2D eigenvalue weighted by molar-refractivity contribution is -0.140. The van der Waals surface area contributed by atoms with Gasteiger partial charge in [0.15, 0.2) is 0 Å². The van der Waals surface area contributed by atoms with Crippen LogP contribution < -0.4 is 5.32 Å². The maximum atomic E-state index is 13.3. The summed E-state index contributed by atoms with van der Waals surface area (Å²) in [5, 5.41) is 2.95.